The van der Waals surface area contributed by atoms with Crippen molar-refractivity contribution in [1.29, 1.82) is 0 Å². The summed E-state index contributed by atoms with van der Waals surface area (Å²) >= 11 is 0. The van der Waals surface area contributed by atoms with E-state index >= 15 is 0 Å². The van der Waals surface area contributed by atoms with Crippen LogP contribution in [-0.2, 0) is 12.8 Å². The van der Waals surface area contributed by atoms with E-state index in [0.717, 1.165) is 56.3 Å². The number of nitrogens with zero attached hydrogens (tertiary/aromatic N) is 3. The number of aromatic nitrogens is 3. The Morgan fingerprint density at radius 3 is 2.83 bits per heavy atom. The van der Waals surface area contributed by atoms with Gasteiger partial charge in [-0.15, -0.1) is 10.2 Å². The molecule has 5 heteroatoms. The second kappa shape index (κ2) is 5.36. The van der Waals surface area contributed by atoms with E-state index in [1.807, 2.05) is 0 Å². The van der Waals surface area contributed by atoms with Crippen LogP contribution in [0.4, 0.5) is 0 Å². The highest BCUT2D eigenvalue weighted by molar-refractivity contribution is 5.03. The van der Waals surface area contributed by atoms with Crippen LogP contribution in [0.2, 0.25) is 0 Å². The zero-order valence-corrected chi connectivity index (χ0v) is 10.8. The maximum Gasteiger partial charge on any atom is 0.133 e. The molecule has 3 heterocycles. The van der Waals surface area contributed by atoms with Gasteiger partial charge in [0.15, 0.2) is 0 Å². The third kappa shape index (κ3) is 2.29. The standard InChI is InChI=1S/C13H22N4O/c18-9-11-2-1-3-12-15-16-13(17(11)12)8-10-4-6-14-7-5-10/h10-11,14,18H,1-9H2. The number of rotatable bonds is 3. The molecule has 0 aliphatic carbocycles. The molecular formula is C13H22N4O. The highest BCUT2D eigenvalue weighted by atomic mass is 16.3. The molecule has 2 aliphatic heterocycles. The summed E-state index contributed by atoms with van der Waals surface area (Å²) in [6.45, 7) is 2.45. The minimum Gasteiger partial charge on any atom is -0.394 e. The zero-order valence-electron chi connectivity index (χ0n) is 10.8. The predicted molar refractivity (Wildman–Crippen MR) is 68.4 cm³/mol. The third-order valence-corrected chi connectivity index (χ3v) is 4.28. The van der Waals surface area contributed by atoms with E-state index in [-0.39, 0.29) is 12.6 Å². The molecule has 1 aromatic rings. The second-order valence-electron chi connectivity index (χ2n) is 5.53. The maximum atomic E-state index is 9.50. The van der Waals surface area contributed by atoms with Gasteiger partial charge in [-0.1, -0.05) is 0 Å². The summed E-state index contributed by atoms with van der Waals surface area (Å²) < 4.78 is 2.21. The van der Waals surface area contributed by atoms with Crippen molar-refractivity contribution in [1.82, 2.24) is 20.1 Å². The lowest BCUT2D eigenvalue weighted by atomic mass is 9.94. The van der Waals surface area contributed by atoms with E-state index in [9.17, 15) is 5.11 Å². The van der Waals surface area contributed by atoms with Crippen molar-refractivity contribution >= 4 is 0 Å². The Labute approximate surface area is 108 Å². The van der Waals surface area contributed by atoms with Crippen LogP contribution in [0.3, 0.4) is 0 Å². The molecule has 0 amide bonds. The summed E-state index contributed by atoms with van der Waals surface area (Å²) in [6, 6.07) is 0.209. The van der Waals surface area contributed by atoms with Crippen molar-refractivity contribution < 1.29 is 5.11 Å². The van der Waals surface area contributed by atoms with E-state index in [0.29, 0.717) is 0 Å². The molecule has 0 bridgehead atoms. The van der Waals surface area contributed by atoms with E-state index in [4.69, 9.17) is 0 Å². The van der Waals surface area contributed by atoms with Crippen LogP contribution >= 0.6 is 0 Å². The molecule has 1 aromatic heterocycles. The molecule has 0 spiro atoms. The van der Waals surface area contributed by atoms with Gasteiger partial charge in [0.2, 0.25) is 0 Å². The molecule has 5 nitrogen and oxygen atoms in total. The molecule has 1 unspecified atom stereocenters. The summed E-state index contributed by atoms with van der Waals surface area (Å²) in [7, 11) is 0. The molecule has 3 rings (SSSR count). The Bertz CT molecular complexity index is 398. The molecule has 1 saturated heterocycles. The molecule has 0 saturated carbocycles. The Hall–Kier alpha value is -0.940. The van der Waals surface area contributed by atoms with Crippen LogP contribution in [0, 0.1) is 5.92 Å². The summed E-state index contributed by atoms with van der Waals surface area (Å²) in [5, 5.41) is 21.6. The van der Waals surface area contributed by atoms with Crippen LogP contribution in [0.5, 0.6) is 0 Å². The predicted octanol–water partition coefficient (Wildman–Crippen LogP) is 0.690. The largest absolute Gasteiger partial charge is 0.394 e. The molecule has 0 aromatic carbocycles. The van der Waals surface area contributed by atoms with Crippen LogP contribution in [-0.4, -0.2) is 39.6 Å². The van der Waals surface area contributed by atoms with Gasteiger partial charge in [-0.25, -0.2) is 0 Å². The SMILES string of the molecule is OCC1CCCc2nnc(CC3CCNCC3)n21. The molecule has 2 aliphatic rings. The Balaban J connectivity index is 1.77. The van der Waals surface area contributed by atoms with Crippen LogP contribution in [0.1, 0.15) is 43.4 Å². The van der Waals surface area contributed by atoms with Crippen molar-refractivity contribution in [3.05, 3.63) is 11.6 Å². The minimum absolute atomic E-state index is 0.209. The van der Waals surface area contributed by atoms with Crippen molar-refractivity contribution in [2.75, 3.05) is 19.7 Å². The average Bonchev–Trinajstić information content (AvgIpc) is 2.83. The van der Waals surface area contributed by atoms with E-state index < -0.39 is 0 Å². The van der Waals surface area contributed by atoms with Gasteiger partial charge in [-0.3, -0.25) is 0 Å². The Kier molecular flexibility index (Phi) is 3.61. The highest BCUT2D eigenvalue weighted by Crippen LogP contribution is 2.27. The number of aliphatic hydroxyl groups excluding tert-OH is 1. The van der Waals surface area contributed by atoms with Crippen LogP contribution < -0.4 is 5.32 Å². The van der Waals surface area contributed by atoms with Crippen molar-refractivity contribution in [3.8, 4) is 0 Å². The Morgan fingerprint density at radius 2 is 2.06 bits per heavy atom. The molecule has 1 fully saturated rings. The first kappa shape index (κ1) is 12.1. The number of hydrogen-bond donors (Lipinski definition) is 2. The monoisotopic (exact) mass is 250 g/mol. The first-order valence-electron chi connectivity index (χ1n) is 7.12. The van der Waals surface area contributed by atoms with Crippen LogP contribution in [0.25, 0.3) is 0 Å². The van der Waals surface area contributed by atoms with Gasteiger partial charge in [0.05, 0.1) is 12.6 Å². The fourth-order valence-corrected chi connectivity index (χ4v) is 3.23. The molecule has 0 radical (unpaired) electrons. The number of nitrogens with one attached hydrogen (secondary N) is 1. The van der Waals surface area contributed by atoms with Crippen LogP contribution in [0.15, 0.2) is 0 Å². The highest BCUT2D eigenvalue weighted by Gasteiger charge is 2.25. The second-order valence-corrected chi connectivity index (χ2v) is 5.53. The first-order chi connectivity index (χ1) is 8.88. The van der Waals surface area contributed by atoms with E-state index in [2.05, 4.69) is 20.1 Å². The minimum atomic E-state index is 0.209. The van der Waals surface area contributed by atoms with Gasteiger partial charge in [0.25, 0.3) is 0 Å². The van der Waals surface area contributed by atoms with Gasteiger partial charge in [-0.05, 0) is 44.7 Å². The smallest absolute Gasteiger partial charge is 0.133 e. The lowest BCUT2D eigenvalue weighted by molar-refractivity contribution is 0.201. The summed E-state index contributed by atoms with van der Waals surface area (Å²) in [4.78, 5) is 0. The number of aryl methyl sites for hydroxylation is 1. The quantitative estimate of drug-likeness (QED) is 0.828. The summed E-state index contributed by atoms with van der Waals surface area (Å²) in [5.74, 6) is 2.89. The Morgan fingerprint density at radius 1 is 1.22 bits per heavy atom. The summed E-state index contributed by atoms with van der Waals surface area (Å²) in [5.41, 5.74) is 0. The van der Waals surface area contributed by atoms with Crippen molar-refractivity contribution in [2.45, 2.75) is 44.6 Å². The first-order valence-corrected chi connectivity index (χ1v) is 7.12. The number of fused-ring (bicyclic) bond motifs is 1. The topological polar surface area (TPSA) is 63.0 Å². The molecule has 18 heavy (non-hydrogen) atoms. The van der Waals surface area contributed by atoms with Gasteiger partial charge in [0.1, 0.15) is 11.6 Å². The van der Waals surface area contributed by atoms with E-state index in [1.54, 1.807) is 0 Å². The molecule has 2 N–H and O–H groups in total. The molecule has 100 valence electrons. The molecular weight excluding hydrogens is 228 g/mol. The van der Waals surface area contributed by atoms with Crippen molar-refractivity contribution in [2.24, 2.45) is 5.92 Å². The fourth-order valence-electron chi connectivity index (χ4n) is 3.23. The number of aliphatic hydroxyl groups is 1. The van der Waals surface area contributed by atoms with Gasteiger partial charge < -0.3 is 15.0 Å². The summed E-state index contributed by atoms with van der Waals surface area (Å²) in [6.07, 6.45) is 6.66. The number of hydrogen-bond acceptors (Lipinski definition) is 4. The van der Waals surface area contributed by atoms with E-state index in [1.165, 1.54) is 12.8 Å². The number of piperidine rings is 1. The average molecular weight is 250 g/mol. The van der Waals surface area contributed by atoms with Crippen molar-refractivity contribution in [3.63, 3.8) is 0 Å². The lowest BCUT2D eigenvalue weighted by Gasteiger charge is -2.27. The normalized spacial score (nSPS) is 25.1. The molecule has 1 atom stereocenters. The zero-order chi connectivity index (χ0) is 12.4. The van der Waals surface area contributed by atoms with Gasteiger partial charge in [0, 0.05) is 12.8 Å². The van der Waals surface area contributed by atoms with Gasteiger partial charge >= 0.3 is 0 Å². The van der Waals surface area contributed by atoms with Gasteiger partial charge in [-0.2, -0.15) is 0 Å². The maximum absolute atomic E-state index is 9.50. The lowest BCUT2D eigenvalue weighted by Crippen LogP contribution is -2.30. The fraction of sp³-hybridized carbons (Fsp3) is 0.846. The third-order valence-electron chi connectivity index (χ3n) is 4.28.